The zero-order chi connectivity index (χ0) is 21.9. The van der Waals surface area contributed by atoms with Gasteiger partial charge in [0.2, 0.25) is 5.91 Å². The number of carbonyl (C=O) groups excluding carboxylic acids is 1. The van der Waals surface area contributed by atoms with Gasteiger partial charge in [-0.05, 0) is 31.2 Å². The lowest BCUT2D eigenvalue weighted by Gasteiger charge is -2.27. The maximum atomic E-state index is 12.8. The van der Waals surface area contributed by atoms with E-state index < -0.39 is 40.4 Å². The monoisotopic (exact) mass is 425 g/mol. The molecule has 160 valence electrons. The number of halogens is 3. The van der Waals surface area contributed by atoms with Crippen LogP contribution in [0.3, 0.4) is 0 Å². The lowest BCUT2D eigenvalue weighted by atomic mass is 10.1. The van der Waals surface area contributed by atoms with E-state index in [2.05, 4.69) is 10.6 Å². The SMILES string of the molecule is C[C@H](Nc1ccc(C(F)(F)F)cc1[N+](=O)[O-])C(=O)NC[C@@H]1COc2ccccc2O1. The molecule has 0 aliphatic carbocycles. The third-order valence-corrected chi connectivity index (χ3v) is 4.36. The smallest absolute Gasteiger partial charge is 0.416 e. The summed E-state index contributed by atoms with van der Waals surface area (Å²) in [5.41, 5.74) is -2.11. The van der Waals surface area contributed by atoms with E-state index in [1.807, 2.05) is 0 Å². The molecular formula is C19H18F3N3O5. The second-order valence-corrected chi connectivity index (χ2v) is 6.60. The van der Waals surface area contributed by atoms with Crippen LogP contribution in [-0.4, -0.2) is 36.1 Å². The van der Waals surface area contributed by atoms with Crippen LogP contribution < -0.4 is 20.1 Å². The number of para-hydroxylation sites is 2. The highest BCUT2D eigenvalue weighted by molar-refractivity contribution is 5.85. The average Bonchev–Trinajstić information content (AvgIpc) is 2.71. The third kappa shape index (κ3) is 4.91. The topological polar surface area (TPSA) is 103 Å². The Balaban J connectivity index is 1.60. The second kappa shape index (κ2) is 8.47. The summed E-state index contributed by atoms with van der Waals surface area (Å²) < 4.78 is 49.6. The first-order chi connectivity index (χ1) is 14.1. The van der Waals surface area contributed by atoms with Gasteiger partial charge in [-0.25, -0.2) is 0 Å². The largest absolute Gasteiger partial charge is 0.486 e. The lowest BCUT2D eigenvalue weighted by molar-refractivity contribution is -0.384. The van der Waals surface area contributed by atoms with Crippen LogP contribution in [0.5, 0.6) is 11.5 Å². The van der Waals surface area contributed by atoms with E-state index in [4.69, 9.17) is 9.47 Å². The molecule has 0 unspecified atom stereocenters. The highest BCUT2D eigenvalue weighted by Crippen LogP contribution is 2.35. The fourth-order valence-corrected chi connectivity index (χ4v) is 2.81. The third-order valence-electron chi connectivity index (χ3n) is 4.36. The standard InChI is InChI=1S/C19H18F3N3O5/c1-11(24-14-7-6-12(19(20,21)22)8-15(14)25(27)28)18(26)23-9-13-10-29-16-4-2-3-5-17(16)30-13/h2-8,11,13,24H,9-10H2,1H3,(H,23,26)/t11-,13+/m0/s1. The second-order valence-electron chi connectivity index (χ2n) is 6.60. The number of nitrogens with one attached hydrogen (secondary N) is 2. The van der Waals surface area contributed by atoms with E-state index in [1.165, 1.54) is 6.92 Å². The summed E-state index contributed by atoms with van der Waals surface area (Å²) in [6.45, 7) is 1.78. The summed E-state index contributed by atoms with van der Waals surface area (Å²) in [5.74, 6) is 0.644. The summed E-state index contributed by atoms with van der Waals surface area (Å²) in [6, 6.07) is 8.20. The van der Waals surface area contributed by atoms with Crippen LogP contribution >= 0.6 is 0 Å². The van der Waals surface area contributed by atoms with E-state index in [1.54, 1.807) is 24.3 Å². The molecule has 0 fully saturated rings. The van der Waals surface area contributed by atoms with Crippen molar-refractivity contribution in [1.29, 1.82) is 0 Å². The summed E-state index contributed by atoms with van der Waals surface area (Å²) in [6.07, 6.45) is -5.15. The van der Waals surface area contributed by atoms with E-state index in [9.17, 15) is 28.1 Å². The maximum absolute atomic E-state index is 12.8. The van der Waals surface area contributed by atoms with Crippen LogP contribution in [0.2, 0.25) is 0 Å². The lowest BCUT2D eigenvalue weighted by Crippen LogP contribution is -2.45. The number of nitrogens with zero attached hydrogens (tertiary/aromatic N) is 1. The van der Waals surface area contributed by atoms with E-state index >= 15 is 0 Å². The Kier molecular flexibility index (Phi) is 5.99. The van der Waals surface area contributed by atoms with Gasteiger partial charge in [0.25, 0.3) is 5.69 Å². The Morgan fingerprint density at radius 1 is 1.27 bits per heavy atom. The quantitative estimate of drug-likeness (QED) is 0.544. The van der Waals surface area contributed by atoms with Crippen molar-refractivity contribution in [2.24, 2.45) is 0 Å². The molecule has 11 heteroatoms. The number of benzene rings is 2. The summed E-state index contributed by atoms with van der Waals surface area (Å²) in [5, 5.41) is 16.4. The Morgan fingerprint density at radius 3 is 2.63 bits per heavy atom. The number of ether oxygens (including phenoxy) is 2. The predicted octanol–water partition coefficient (Wildman–Crippen LogP) is 3.37. The Morgan fingerprint density at radius 2 is 1.97 bits per heavy atom. The van der Waals surface area contributed by atoms with Crippen LogP contribution in [0, 0.1) is 10.1 Å². The van der Waals surface area contributed by atoms with Gasteiger partial charge < -0.3 is 20.1 Å². The van der Waals surface area contributed by atoms with E-state index in [0.29, 0.717) is 23.6 Å². The molecule has 2 aromatic carbocycles. The first-order valence-electron chi connectivity index (χ1n) is 8.93. The number of hydrogen-bond donors (Lipinski definition) is 2. The molecule has 8 nitrogen and oxygen atoms in total. The Bertz CT molecular complexity index is 951. The van der Waals surface area contributed by atoms with Gasteiger partial charge in [-0.2, -0.15) is 13.2 Å². The van der Waals surface area contributed by atoms with Crippen LogP contribution in [0.1, 0.15) is 12.5 Å². The average molecular weight is 425 g/mol. The molecule has 1 aliphatic rings. The van der Waals surface area contributed by atoms with Crippen molar-refractivity contribution in [1.82, 2.24) is 5.32 Å². The fraction of sp³-hybridized carbons (Fsp3) is 0.316. The van der Waals surface area contributed by atoms with Crippen LogP contribution in [0.25, 0.3) is 0 Å². The Labute approximate surface area is 169 Å². The van der Waals surface area contributed by atoms with Crippen molar-refractivity contribution >= 4 is 17.3 Å². The number of anilines is 1. The molecule has 0 bridgehead atoms. The molecule has 30 heavy (non-hydrogen) atoms. The number of rotatable bonds is 6. The van der Waals surface area contributed by atoms with Crippen molar-refractivity contribution in [3.63, 3.8) is 0 Å². The van der Waals surface area contributed by atoms with Crippen molar-refractivity contribution in [2.45, 2.75) is 25.2 Å². The number of nitro groups is 1. The predicted molar refractivity (Wildman–Crippen MR) is 101 cm³/mol. The molecule has 0 spiro atoms. The van der Waals surface area contributed by atoms with Crippen molar-refractivity contribution in [3.05, 3.63) is 58.1 Å². The Hall–Kier alpha value is -3.50. The summed E-state index contributed by atoms with van der Waals surface area (Å²) >= 11 is 0. The number of amides is 1. The van der Waals surface area contributed by atoms with Crippen molar-refractivity contribution < 1.29 is 32.4 Å². The molecule has 0 radical (unpaired) electrons. The molecule has 2 N–H and O–H groups in total. The van der Waals surface area contributed by atoms with Gasteiger partial charge in [0.15, 0.2) is 11.5 Å². The zero-order valence-corrected chi connectivity index (χ0v) is 15.7. The molecule has 2 aromatic rings. The van der Waals surface area contributed by atoms with E-state index in [0.717, 1.165) is 6.07 Å². The van der Waals surface area contributed by atoms with Crippen LogP contribution in [-0.2, 0) is 11.0 Å². The number of nitro benzene ring substituents is 1. The zero-order valence-electron chi connectivity index (χ0n) is 15.7. The molecule has 1 amide bonds. The van der Waals surface area contributed by atoms with E-state index in [-0.39, 0.29) is 18.8 Å². The molecule has 0 aromatic heterocycles. The van der Waals surface area contributed by atoms with Crippen molar-refractivity contribution in [2.75, 3.05) is 18.5 Å². The molecular weight excluding hydrogens is 407 g/mol. The molecule has 0 saturated heterocycles. The number of fused-ring (bicyclic) bond motifs is 1. The van der Waals surface area contributed by atoms with Gasteiger partial charge in [-0.15, -0.1) is 0 Å². The molecule has 3 rings (SSSR count). The van der Waals surface area contributed by atoms with Gasteiger partial charge in [0, 0.05) is 6.07 Å². The molecule has 2 atom stereocenters. The van der Waals surface area contributed by atoms with Gasteiger partial charge in [-0.3, -0.25) is 14.9 Å². The summed E-state index contributed by atoms with van der Waals surface area (Å²) in [7, 11) is 0. The number of carbonyl (C=O) groups is 1. The van der Waals surface area contributed by atoms with Crippen molar-refractivity contribution in [3.8, 4) is 11.5 Å². The van der Waals surface area contributed by atoms with Crippen LogP contribution in [0.4, 0.5) is 24.5 Å². The molecule has 0 saturated carbocycles. The first kappa shape index (κ1) is 21.2. The van der Waals surface area contributed by atoms with Gasteiger partial charge in [0.1, 0.15) is 24.4 Å². The van der Waals surface area contributed by atoms with Crippen LogP contribution in [0.15, 0.2) is 42.5 Å². The minimum atomic E-state index is -4.72. The normalized spacial score (nSPS) is 16.5. The fourth-order valence-electron chi connectivity index (χ4n) is 2.81. The van der Waals surface area contributed by atoms with Gasteiger partial charge in [-0.1, -0.05) is 12.1 Å². The number of alkyl halides is 3. The highest BCUT2D eigenvalue weighted by Gasteiger charge is 2.33. The van der Waals surface area contributed by atoms with Gasteiger partial charge in [0.05, 0.1) is 17.0 Å². The maximum Gasteiger partial charge on any atom is 0.416 e. The molecule has 1 heterocycles. The minimum absolute atomic E-state index is 0.119. The minimum Gasteiger partial charge on any atom is -0.486 e. The summed E-state index contributed by atoms with van der Waals surface area (Å²) in [4.78, 5) is 22.5. The van der Waals surface area contributed by atoms with Gasteiger partial charge >= 0.3 is 6.18 Å². The molecule has 1 aliphatic heterocycles. The first-order valence-corrected chi connectivity index (χ1v) is 8.93. The highest BCUT2D eigenvalue weighted by atomic mass is 19.4. The number of hydrogen-bond acceptors (Lipinski definition) is 6.